The number of rotatable bonds is 3. The van der Waals surface area contributed by atoms with Gasteiger partial charge in [-0.1, -0.05) is 19.9 Å². The van der Waals surface area contributed by atoms with Gasteiger partial charge in [-0.3, -0.25) is 0 Å². The molecular weight excluding hydrogens is 218 g/mol. The van der Waals surface area contributed by atoms with Gasteiger partial charge in [0, 0.05) is 12.4 Å². The normalized spacial score (nSPS) is 10.8. The molecule has 0 aliphatic carbocycles. The Labute approximate surface area is 98.7 Å². The van der Waals surface area contributed by atoms with E-state index in [1.165, 1.54) is 10.9 Å². The van der Waals surface area contributed by atoms with E-state index in [1.54, 1.807) is 18.3 Å². The highest BCUT2D eigenvalue weighted by molar-refractivity contribution is 5.88. The number of hydrogen-bond donors (Lipinski definition) is 1. The Morgan fingerprint density at radius 3 is 2.65 bits per heavy atom. The maximum absolute atomic E-state index is 11.1. The van der Waals surface area contributed by atoms with Crippen LogP contribution in [-0.4, -0.2) is 25.8 Å². The molecule has 0 unspecified atom stereocenters. The zero-order chi connectivity index (χ0) is 12.4. The number of nitrogens with zero attached hydrogens (tertiary/aromatic N) is 3. The zero-order valence-electron chi connectivity index (χ0n) is 9.66. The Kier molecular flexibility index (Phi) is 2.91. The second kappa shape index (κ2) is 4.37. The summed E-state index contributed by atoms with van der Waals surface area (Å²) in [5.74, 6) is -0.288. The van der Waals surface area contributed by atoms with Gasteiger partial charge in [0.05, 0.1) is 5.69 Å². The lowest BCUT2D eigenvalue weighted by molar-refractivity contribution is 0.0695. The summed E-state index contributed by atoms with van der Waals surface area (Å²) in [4.78, 5) is 15.2. The molecule has 0 aliphatic heterocycles. The molecule has 0 atom stereocenters. The fourth-order valence-corrected chi connectivity index (χ4v) is 1.59. The Morgan fingerprint density at radius 2 is 2.18 bits per heavy atom. The predicted molar refractivity (Wildman–Crippen MR) is 62.4 cm³/mol. The van der Waals surface area contributed by atoms with Crippen LogP contribution in [0.1, 0.15) is 35.8 Å². The van der Waals surface area contributed by atoms with E-state index < -0.39 is 5.97 Å². The van der Waals surface area contributed by atoms with Crippen molar-refractivity contribution >= 4 is 5.97 Å². The van der Waals surface area contributed by atoms with E-state index in [-0.39, 0.29) is 11.5 Å². The minimum atomic E-state index is -0.962. The number of carboxylic acids is 1. The summed E-state index contributed by atoms with van der Waals surface area (Å²) >= 11 is 0. The Morgan fingerprint density at radius 1 is 1.41 bits per heavy atom. The van der Waals surface area contributed by atoms with Gasteiger partial charge in [0.1, 0.15) is 5.56 Å². The van der Waals surface area contributed by atoms with Crippen LogP contribution < -0.4 is 0 Å². The number of aromatic carboxylic acids is 1. The van der Waals surface area contributed by atoms with Gasteiger partial charge < -0.3 is 5.11 Å². The summed E-state index contributed by atoms with van der Waals surface area (Å²) in [5.41, 5.74) is 0.800. The fourth-order valence-electron chi connectivity index (χ4n) is 1.59. The van der Waals surface area contributed by atoms with Crippen molar-refractivity contribution in [2.75, 3.05) is 0 Å². The first kappa shape index (κ1) is 11.3. The molecule has 5 heteroatoms. The summed E-state index contributed by atoms with van der Waals surface area (Å²) in [5, 5.41) is 13.4. The van der Waals surface area contributed by atoms with E-state index in [1.807, 2.05) is 19.9 Å². The lowest BCUT2D eigenvalue weighted by Crippen LogP contribution is -2.01. The van der Waals surface area contributed by atoms with Crippen molar-refractivity contribution in [3.8, 4) is 5.82 Å². The maximum Gasteiger partial charge on any atom is 0.339 e. The molecule has 0 radical (unpaired) electrons. The number of carboxylic acid groups (broad SMARTS) is 1. The molecule has 2 aromatic heterocycles. The molecule has 0 saturated carbocycles. The van der Waals surface area contributed by atoms with Gasteiger partial charge in [0.15, 0.2) is 5.82 Å². The summed E-state index contributed by atoms with van der Waals surface area (Å²) in [7, 11) is 0. The van der Waals surface area contributed by atoms with Crippen molar-refractivity contribution in [1.29, 1.82) is 0 Å². The predicted octanol–water partition coefficient (Wildman–Crippen LogP) is 2.09. The van der Waals surface area contributed by atoms with E-state index in [9.17, 15) is 4.79 Å². The Bertz CT molecular complexity index is 532. The lowest BCUT2D eigenvalue weighted by Gasteiger charge is -2.01. The summed E-state index contributed by atoms with van der Waals surface area (Å²) in [6.07, 6.45) is 3.15. The second-order valence-electron chi connectivity index (χ2n) is 4.02. The molecule has 0 saturated heterocycles. The molecule has 0 amide bonds. The van der Waals surface area contributed by atoms with Crippen LogP contribution in [0.4, 0.5) is 0 Å². The highest BCUT2D eigenvalue weighted by Gasteiger charge is 2.18. The molecule has 0 fully saturated rings. The van der Waals surface area contributed by atoms with Gasteiger partial charge >= 0.3 is 5.97 Å². The average molecular weight is 231 g/mol. The van der Waals surface area contributed by atoms with E-state index in [0.717, 1.165) is 0 Å². The second-order valence-corrected chi connectivity index (χ2v) is 4.02. The number of carbonyl (C=O) groups is 1. The van der Waals surface area contributed by atoms with Crippen LogP contribution in [0.5, 0.6) is 0 Å². The number of pyridine rings is 1. The summed E-state index contributed by atoms with van der Waals surface area (Å²) in [6, 6.07) is 5.41. The molecule has 88 valence electrons. The van der Waals surface area contributed by atoms with Crippen LogP contribution in [0.2, 0.25) is 0 Å². The third-order valence-electron chi connectivity index (χ3n) is 2.40. The quantitative estimate of drug-likeness (QED) is 0.878. The van der Waals surface area contributed by atoms with Crippen LogP contribution in [0, 0.1) is 0 Å². The van der Waals surface area contributed by atoms with E-state index in [0.29, 0.717) is 11.5 Å². The number of aromatic nitrogens is 3. The summed E-state index contributed by atoms with van der Waals surface area (Å²) < 4.78 is 1.50. The number of hydrogen-bond acceptors (Lipinski definition) is 3. The van der Waals surface area contributed by atoms with Crippen LogP contribution in [0.15, 0.2) is 30.6 Å². The maximum atomic E-state index is 11.1. The largest absolute Gasteiger partial charge is 0.478 e. The standard InChI is InChI=1S/C12H13N3O2/c1-8(2)11-9(12(16)17)7-15(14-11)10-5-3-4-6-13-10/h3-8H,1-2H3,(H,16,17). The molecular formula is C12H13N3O2. The fraction of sp³-hybridized carbons (Fsp3) is 0.250. The minimum absolute atomic E-state index is 0.0612. The third kappa shape index (κ3) is 2.18. The van der Waals surface area contributed by atoms with Crippen molar-refractivity contribution < 1.29 is 9.90 Å². The molecule has 2 rings (SSSR count). The van der Waals surface area contributed by atoms with Gasteiger partial charge in [-0.2, -0.15) is 5.10 Å². The molecule has 5 nitrogen and oxygen atoms in total. The van der Waals surface area contributed by atoms with Gasteiger partial charge in [-0.15, -0.1) is 0 Å². The third-order valence-corrected chi connectivity index (χ3v) is 2.40. The molecule has 0 bridgehead atoms. The first-order valence-electron chi connectivity index (χ1n) is 5.34. The van der Waals surface area contributed by atoms with Gasteiger partial charge in [-0.25, -0.2) is 14.5 Å². The smallest absolute Gasteiger partial charge is 0.339 e. The van der Waals surface area contributed by atoms with Crippen molar-refractivity contribution in [3.05, 3.63) is 41.9 Å². The Balaban J connectivity index is 2.51. The monoisotopic (exact) mass is 231 g/mol. The van der Waals surface area contributed by atoms with Gasteiger partial charge in [0.25, 0.3) is 0 Å². The molecule has 0 spiro atoms. The van der Waals surface area contributed by atoms with Crippen LogP contribution >= 0.6 is 0 Å². The zero-order valence-corrected chi connectivity index (χ0v) is 9.66. The molecule has 1 N–H and O–H groups in total. The van der Waals surface area contributed by atoms with E-state index in [2.05, 4.69) is 10.1 Å². The van der Waals surface area contributed by atoms with Gasteiger partial charge in [-0.05, 0) is 18.1 Å². The molecule has 0 aromatic carbocycles. The van der Waals surface area contributed by atoms with Crippen molar-refractivity contribution in [2.45, 2.75) is 19.8 Å². The lowest BCUT2D eigenvalue weighted by atomic mass is 10.1. The van der Waals surface area contributed by atoms with Crippen LogP contribution in [0.25, 0.3) is 5.82 Å². The van der Waals surface area contributed by atoms with Crippen LogP contribution in [-0.2, 0) is 0 Å². The first-order chi connectivity index (χ1) is 8.09. The Hall–Kier alpha value is -2.17. The van der Waals surface area contributed by atoms with Crippen molar-refractivity contribution in [2.24, 2.45) is 0 Å². The SMILES string of the molecule is CC(C)c1nn(-c2ccccn2)cc1C(=O)O. The van der Waals surface area contributed by atoms with Gasteiger partial charge in [0.2, 0.25) is 0 Å². The van der Waals surface area contributed by atoms with E-state index >= 15 is 0 Å². The molecule has 0 aliphatic rings. The molecule has 2 heterocycles. The summed E-state index contributed by atoms with van der Waals surface area (Å²) in [6.45, 7) is 3.83. The first-order valence-corrected chi connectivity index (χ1v) is 5.34. The highest BCUT2D eigenvalue weighted by atomic mass is 16.4. The molecule has 17 heavy (non-hydrogen) atoms. The minimum Gasteiger partial charge on any atom is -0.478 e. The van der Waals surface area contributed by atoms with E-state index in [4.69, 9.17) is 5.11 Å². The van der Waals surface area contributed by atoms with Crippen molar-refractivity contribution in [1.82, 2.24) is 14.8 Å². The highest BCUT2D eigenvalue weighted by Crippen LogP contribution is 2.19. The average Bonchev–Trinajstić information content (AvgIpc) is 2.75. The van der Waals surface area contributed by atoms with Crippen molar-refractivity contribution in [3.63, 3.8) is 0 Å². The van der Waals surface area contributed by atoms with Crippen LogP contribution in [0.3, 0.4) is 0 Å². The molecule has 2 aromatic rings. The topological polar surface area (TPSA) is 68.0 Å².